The first-order valence-electron chi connectivity index (χ1n) is 14.0. The van der Waals surface area contributed by atoms with Gasteiger partial charge in [-0.05, 0) is 105 Å². The summed E-state index contributed by atoms with van der Waals surface area (Å²) in [5, 5.41) is 29.5. The van der Waals surface area contributed by atoms with Gasteiger partial charge in [0, 0.05) is 11.8 Å². The lowest BCUT2D eigenvalue weighted by Gasteiger charge is -2.34. The van der Waals surface area contributed by atoms with E-state index in [2.05, 4.69) is 58.0 Å². The predicted molar refractivity (Wildman–Crippen MR) is 148 cm³/mol. The van der Waals surface area contributed by atoms with Crippen LogP contribution in [-0.2, 0) is 16.6 Å². The van der Waals surface area contributed by atoms with Gasteiger partial charge in [0.1, 0.15) is 12.4 Å². The van der Waals surface area contributed by atoms with Crippen LogP contribution in [0.1, 0.15) is 100.0 Å². The molecule has 3 N–H and O–H groups in total. The Morgan fingerprint density at radius 1 is 0.973 bits per heavy atom. The standard InChI is InChI=1S/C32H46O5/c1-6-31(17-18-31)29(34)15-10-24-9-11-25(19-22(24)4)32(7-2,8-3)26-12-14-28(23(5)20-26)37-21-27(33)13-16-30(35)36/h9,11-12,14,19-20,27,29,33-34H,6-8,10,13,15-18,21H2,1-5H3,(H,35,36). The second kappa shape index (κ2) is 12.4. The molecule has 204 valence electrons. The lowest BCUT2D eigenvalue weighted by Crippen LogP contribution is -2.26. The molecular weight excluding hydrogens is 464 g/mol. The Morgan fingerprint density at radius 2 is 1.59 bits per heavy atom. The fraction of sp³-hybridized carbons (Fsp3) is 0.594. The van der Waals surface area contributed by atoms with Gasteiger partial charge in [0.05, 0.1) is 12.2 Å². The number of carbonyl (C=O) groups is 1. The molecule has 5 nitrogen and oxygen atoms in total. The molecule has 0 radical (unpaired) electrons. The van der Waals surface area contributed by atoms with Crippen molar-refractivity contribution in [1.82, 2.24) is 0 Å². The number of hydrogen-bond donors (Lipinski definition) is 3. The summed E-state index contributed by atoms with van der Waals surface area (Å²) in [7, 11) is 0. The van der Waals surface area contributed by atoms with Crippen LogP contribution in [-0.4, -0.2) is 40.1 Å². The van der Waals surface area contributed by atoms with Crippen LogP contribution in [0.15, 0.2) is 36.4 Å². The SMILES string of the molecule is CCC(CC)(c1ccc(CCC(O)C2(CC)CC2)c(C)c1)c1ccc(OCC(O)CCC(=O)O)c(C)c1. The molecule has 2 unspecified atom stereocenters. The molecule has 0 bridgehead atoms. The summed E-state index contributed by atoms with van der Waals surface area (Å²) in [6.07, 6.45) is 6.14. The minimum absolute atomic E-state index is 0.0731. The van der Waals surface area contributed by atoms with Gasteiger partial charge in [0.25, 0.3) is 0 Å². The van der Waals surface area contributed by atoms with Gasteiger partial charge in [-0.2, -0.15) is 0 Å². The summed E-state index contributed by atoms with van der Waals surface area (Å²) in [5.41, 5.74) is 6.21. The maximum atomic E-state index is 10.7. The third-order valence-corrected chi connectivity index (χ3v) is 8.94. The van der Waals surface area contributed by atoms with Gasteiger partial charge in [0.2, 0.25) is 0 Å². The highest BCUT2D eigenvalue weighted by Gasteiger charge is 2.46. The molecule has 0 spiro atoms. The van der Waals surface area contributed by atoms with Crippen molar-refractivity contribution in [3.8, 4) is 5.75 Å². The lowest BCUT2D eigenvalue weighted by atomic mass is 9.69. The summed E-state index contributed by atoms with van der Waals surface area (Å²) in [6, 6.07) is 13.1. The fourth-order valence-corrected chi connectivity index (χ4v) is 5.86. The van der Waals surface area contributed by atoms with E-state index in [4.69, 9.17) is 9.84 Å². The van der Waals surface area contributed by atoms with Crippen LogP contribution in [0, 0.1) is 19.3 Å². The Bertz CT molecular complexity index is 1050. The van der Waals surface area contributed by atoms with Crippen molar-refractivity contribution in [3.63, 3.8) is 0 Å². The van der Waals surface area contributed by atoms with Gasteiger partial charge in [-0.1, -0.05) is 51.1 Å². The number of carboxylic acids is 1. The number of rotatable bonds is 15. The van der Waals surface area contributed by atoms with Crippen molar-refractivity contribution in [1.29, 1.82) is 0 Å². The highest BCUT2D eigenvalue weighted by molar-refractivity contribution is 5.66. The van der Waals surface area contributed by atoms with Gasteiger partial charge in [-0.25, -0.2) is 0 Å². The van der Waals surface area contributed by atoms with Crippen LogP contribution in [0.5, 0.6) is 5.75 Å². The van der Waals surface area contributed by atoms with E-state index in [-0.39, 0.29) is 36.4 Å². The van der Waals surface area contributed by atoms with Crippen molar-refractivity contribution in [3.05, 3.63) is 64.2 Å². The lowest BCUT2D eigenvalue weighted by molar-refractivity contribution is -0.137. The van der Waals surface area contributed by atoms with Crippen LogP contribution in [0.25, 0.3) is 0 Å². The number of aliphatic hydroxyl groups is 2. The van der Waals surface area contributed by atoms with E-state index in [0.29, 0.717) is 5.75 Å². The molecular formula is C32H46O5. The highest BCUT2D eigenvalue weighted by atomic mass is 16.5. The van der Waals surface area contributed by atoms with Crippen LogP contribution < -0.4 is 4.74 Å². The van der Waals surface area contributed by atoms with Crippen LogP contribution in [0.3, 0.4) is 0 Å². The minimum Gasteiger partial charge on any atom is -0.491 e. The number of carboxylic acid groups (broad SMARTS) is 1. The summed E-state index contributed by atoms with van der Waals surface area (Å²) in [6.45, 7) is 10.9. The second-order valence-electron chi connectivity index (χ2n) is 11.1. The van der Waals surface area contributed by atoms with Crippen molar-refractivity contribution in [2.45, 2.75) is 110 Å². The molecule has 0 aromatic heterocycles. The zero-order valence-electron chi connectivity index (χ0n) is 23.3. The molecule has 1 aliphatic rings. The third-order valence-electron chi connectivity index (χ3n) is 8.94. The number of hydrogen-bond acceptors (Lipinski definition) is 4. The summed E-state index contributed by atoms with van der Waals surface area (Å²) >= 11 is 0. The molecule has 1 saturated carbocycles. The first-order valence-corrected chi connectivity index (χ1v) is 14.0. The average Bonchev–Trinajstić information content (AvgIpc) is 3.69. The molecule has 5 heteroatoms. The highest BCUT2D eigenvalue weighted by Crippen LogP contribution is 2.52. The van der Waals surface area contributed by atoms with Gasteiger partial charge >= 0.3 is 5.97 Å². The third kappa shape index (κ3) is 6.74. The number of aliphatic carboxylic acids is 1. The topological polar surface area (TPSA) is 87.0 Å². The first kappa shape index (κ1) is 29.2. The fourth-order valence-electron chi connectivity index (χ4n) is 5.86. The Hall–Kier alpha value is -2.37. The van der Waals surface area contributed by atoms with E-state index in [1.165, 1.54) is 22.3 Å². The molecule has 2 atom stereocenters. The number of aryl methyl sites for hydroxylation is 3. The zero-order chi connectivity index (χ0) is 27.2. The van der Waals surface area contributed by atoms with Crippen molar-refractivity contribution in [2.24, 2.45) is 5.41 Å². The Balaban J connectivity index is 1.75. The average molecular weight is 511 g/mol. The molecule has 1 aliphatic carbocycles. The smallest absolute Gasteiger partial charge is 0.303 e. The van der Waals surface area contributed by atoms with Gasteiger partial charge in [-0.15, -0.1) is 0 Å². The maximum absolute atomic E-state index is 10.7. The van der Waals surface area contributed by atoms with Gasteiger partial charge in [-0.3, -0.25) is 4.79 Å². The van der Waals surface area contributed by atoms with Crippen LogP contribution >= 0.6 is 0 Å². The van der Waals surface area contributed by atoms with Crippen molar-refractivity contribution >= 4 is 5.97 Å². The van der Waals surface area contributed by atoms with E-state index < -0.39 is 12.1 Å². The number of ether oxygens (including phenoxy) is 1. The van der Waals surface area contributed by atoms with Crippen molar-refractivity contribution in [2.75, 3.05) is 6.61 Å². The zero-order valence-corrected chi connectivity index (χ0v) is 23.3. The quantitative estimate of drug-likeness (QED) is 0.255. The molecule has 2 aromatic carbocycles. The monoisotopic (exact) mass is 510 g/mol. The van der Waals surface area contributed by atoms with E-state index in [1.54, 1.807) is 0 Å². The molecule has 0 amide bonds. The molecule has 3 rings (SSSR count). The molecule has 0 heterocycles. The summed E-state index contributed by atoms with van der Waals surface area (Å²) in [4.78, 5) is 10.7. The first-order chi connectivity index (χ1) is 17.6. The summed E-state index contributed by atoms with van der Waals surface area (Å²) < 4.78 is 5.83. The van der Waals surface area contributed by atoms with Gasteiger partial charge in [0.15, 0.2) is 0 Å². The molecule has 0 aliphatic heterocycles. The Labute approximate surface area is 222 Å². The Morgan fingerprint density at radius 3 is 2.11 bits per heavy atom. The maximum Gasteiger partial charge on any atom is 0.303 e. The van der Waals surface area contributed by atoms with Crippen LogP contribution in [0.4, 0.5) is 0 Å². The van der Waals surface area contributed by atoms with E-state index in [0.717, 1.165) is 50.5 Å². The minimum atomic E-state index is -0.918. The Kier molecular flexibility index (Phi) is 9.82. The largest absolute Gasteiger partial charge is 0.491 e. The van der Waals surface area contributed by atoms with Crippen molar-refractivity contribution < 1.29 is 24.9 Å². The molecule has 0 saturated heterocycles. The number of benzene rings is 2. The van der Waals surface area contributed by atoms with E-state index >= 15 is 0 Å². The van der Waals surface area contributed by atoms with Crippen LogP contribution in [0.2, 0.25) is 0 Å². The predicted octanol–water partition coefficient (Wildman–Crippen LogP) is 6.50. The molecule has 2 aromatic rings. The van der Waals surface area contributed by atoms with E-state index in [9.17, 15) is 15.0 Å². The normalized spacial score (nSPS) is 16.3. The van der Waals surface area contributed by atoms with E-state index in [1.807, 2.05) is 13.0 Å². The molecule has 37 heavy (non-hydrogen) atoms. The second-order valence-corrected chi connectivity index (χ2v) is 11.1. The number of aliphatic hydroxyl groups excluding tert-OH is 2. The van der Waals surface area contributed by atoms with Gasteiger partial charge < -0.3 is 20.1 Å². The summed E-state index contributed by atoms with van der Waals surface area (Å²) in [5.74, 6) is -0.205. The molecule has 1 fully saturated rings.